The maximum atomic E-state index is 12.2. The maximum Gasteiger partial charge on any atom is 0.231 e. The minimum absolute atomic E-state index is 0.0626. The van der Waals surface area contributed by atoms with E-state index in [-0.39, 0.29) is 12.3 Å². The number of rotatable bonds is 7. The number of carbonyl (C=O) groups is 1. The van der Waals surface area contributed by atoms with Crippen LogP contribution < -0.4 is 15.4 Å². The summed E-state index contributed by atoms with van der Waals surface area (Å²) >= 11 is 1.49. The van der Waals surface area contributed by atoms with Crippen LogP contribution in [0.2, 0.25) is 0 Å². The molecule has 134 valence electrons. The highest BCUT2D eigenvalue weighted by Crippen LogP contribution is 2.24. The molecule has 0 radical (unpaired) electrons. The van der Waals surface area contributed by atoms with Crippen molar-refractivity contribution in [3.05, 3.63) is 70.2 Å². The van der Waals surface area contributed by atoms with Gasteiger partial charge in [0, 0.05) is 11.1 Å². The second-order valence-corrected chi connectivity index (χ2v) is 6.82. The number of hydrogen-bond donors (Lipinski definition) is 2. The summed E-state index contributed by atoms with van der Waals surface area (Å²) in [6.07, 6.45) is 0.271. The Bertz CT molecular complexity index is 875. The van der Waals surface area contributed by atoms with Crippen LogP contribution in [0.5, 0.6) is 5.75 Å². The molecular formula is C20H21N3O2S. The van der Waals surface area contributed by atoms with Crippen molar-refractivity contribution in [3.8, 4) is 5.75 Å². The highest BCUT2D eigenvalue weighted by Gasteiger charge is 2.09. The molecule has 3 rings (SSSR count). The number of carbonyl (C=O) groups excluding carboxylic acids is 1. The van der Waals surface area contributed by atoms with Crippen LogP contribution in [0.4, 0.5) is 11.4 Å². The van der Waals surface area contributed by atoms with Gasteiger partial charge < -0.3 is 15.4 Å². The lowest BCUT2D eigenvalue weighted by Gasteiger charge is -2.09. The van der Waals surface area contributed by atoms with E-state index in [2.05, 4.69) is 15.6 Å². The standard InChI is InChI=1S/C20H21N3O2S/c1-14-7-9-15(10-8-14)22-19(24)11-20-23-16(13-26-20)12-21-17-5-3-4-6-18(17)25-2/h3-10,13,21H,11-12H2,1-2H3,(H,22,24). The van der Waals surface area contributed by atoms with Crippen molar-refractivity contribution >= 4 is 28.6 Å². The topological polar surface area (TPSA) is 63.2 Å². The summed E-state index contributed by atoms with van der Waals surface area (Å²) in [5.74, 6) is 0.730. The van der Waals surface area contributed by atoms with Crippen molar-refractivity contribution in [1.29, 1.82) is 0 Å². The summed E-state index contributed by atoms with van der Waals surface area (Å²) in [6, 6.07) is 15.5. The fraction of sp³-hybridized carbons (Fsp3) is 0.200. The van der Waals surface area contributed by atoms with Crippen molar-refractivity contribution in [1.82, 2.24) is 4.98 Å². The molecule has 3 aromatic rings. The monoisotopic (exact) mass is 367 g/mol. The molecule has 0 aliphatic carbocycles. The van der Waals surface area contributed by atoms with E-state index in [1.807, 2.05) is 60.8 Å². The summed E-state index contributed by atoms with van der Waals surface area (Å²) in [4.78, 5) is 16.7. The van der Waals surface area contributed by atoms with Crippen molar-refractivity contribution in [3.63, 3.8) is 0 Å². The first-order valence-electron chi connectivity index (χ1n) is 8.31. The molecule has 0 bridgehead atoms. The number of para-hydroxylation sites is 2. The quantitative estimate of drug-likeness (QED) is 0.655. The number of thiazole rings is 1. The van der Waals surface area contributed by atoms with Crippen LogP contribution in [-0.2, 0) is 17.8 Å². The fourth-order valence-corrected chi connectivity index (χ4v) is 3.26. The van der Waals surface area contributed by atoms with E-state index in [0.717, 1.165) is 33.4 Å². The van der Waals surface area contributed by atoms with Crippen LogP contribution in [0, 0.1) is 6.92 Å². The minimum atomic E-state index is -0.0626. The molecule has 0 aliphatic heterocycles. The summed E-state index contributed by atoms with van der Waals surface area (Å²) in [5, 5.41) is 8.97. The number of aromatic nitrogens is 1. The van der Waals surface area contributed by atoms with Crippen LogP contribution in [0.25, 0.3) is 0 Å². The second kappa shape index (κ2) is 8.49. The number of anilines is 2. The smallest absolute Gasteiger partial charge is 0.231 e. The Hall–Kier alpha value is -2.86. The molecule has 0 atom stereocenters. The van der Waals surface area contributed by atoms with Gasteiger partial charge in [0.2, 0.25) is 5.91 Å². The van der Waals surface area contributed by atoms with E-state index >= 15 is 0 Å². The van der Waals surface area contributed by atoms with Crippen LogP contribution in [0.3, 0.4) is 0 Å². The largest absolute Gasteiger partial charge is 0.495 e. The minimum Gasteiger partial charge on any atom is -0.495 e. The van der Waals surface area contributed by atoms with Gasteiger partial charge in [-0.2, -0.15) is 0 Å². The van der Waals surface area contributed by atoms with E-state index in [9.17, 15) is 4.79 Å². The Kier molecular flexibility index (Phi) is 5.86. The Labute approximate surface area is 157 Å². The van der Waals surface area contributed by atoms with Gasteiger partial charge in [0.25, 0.3) is 0 Å². The molecule has 1 aromatic heterocycles. The van der Waals surface area contributed by atoms with Gasteiger partial charge in [0.05, 0.1) is 31.5 Å². The van der Waals surface area contributed by atoms with E-state index in [0.29, 0.717) is 6.54 Å². The average Bonchev–Trinajstić information content (AvgIpc) is 3.09. The molecule has 6 heteroatoms. The molecular weight excluding hydrogens is 346 g/mol. The molecule has 0 fully saturated rings. The van der Waals surface area contributed by atoms with Gasteiger partial charge in [0.15, 0.2) is 0 Å². The molecule has 0 unspecified atom stereocenters. The molecule has 2 aromatic carbocycles. The van der Waals surface area contributed by atoms with Gasteiger partial charge in [-0.05, 0) is 31.2 Å². The van der Waals surface area contributed by atoms with E-state index in [1.165, 1.54) is 11.3 Å². The highest BCUT2D eigenvalue weighted by atomic mass is 32.1. The van der Waals surface area contributed by atoms with Crippen molar-refractivity contribution < 1.29 is 9.53 Å². The lowest BCUT2D eigenvalue weighted by atomic mass is 10.2. The van der Waals surface area contributed by atoms with Crippen molar-refractivity contribution in [2.45, 2.75) is 19.9 Å². The molecule has 2 N–H and O–H groups in total. The number of ether oxygens (including phenoxy) is 1. The van der Waals surface area contributed by atoms with Crippen LogP contribution in [0.15, 0.2) is 53.9 Å². The first kappa shape index (κ1) is 17.9. The molecule has 0 saturated heterocycles. The SMILES string of the molecule is COc1ccccc1NCc1csc(CC(=O)Nc2ccc(C)cc2)n1. The molecule has 0 spiro atoms. The van der Waals surface area contributed by atoms with Gasteiger partial charge >= 0.3 is 0 Å². The van der Waals surface area contributed by atoms with Crippen LogP contribution in [0.1, 0.15) is 16.3 Å². The number of nitrogens with one attached hydrogen (secondary N) is 2. The van der Waals surface area contributed by atoms with Gasteiger partial charge in [-0.25, -0.2) is 4.98 Å². The Morgan fingerprint density at radius 2 is 1.92 bits per heavy atom. The predicted octanol–water partition coefficient (Wildman–Crippen LogP) is 4.25. The average molecular weight is 367 g/mol. The zero-order valence-corrected chi connectivity index (χ0v) is 15.6. The molecule has 1 amide bonds. The lowest BCUT2D eigenvalue weighted by Crippen LogP contribution is -2.14. The normalized spacial score (nSPS) is 10.4. The first-order chi connectivity index (χ1) is 12.6. The number of aryl methyl sites for hydroxylation is 1. The lowest BCUT2D eigenvalue weighted by molar-refractivity contribution is -0.115. The Morgan fingerprint density at radius 1 is 1.15 bits per heavy atom. The van der Waals surface area contributed by atoms with Crippen LogP contribution >= 0.6 is 11.3 Å². The van der Waals surface area contributed by atoms with Gasteiger partial charge in [-0.3, -0.25) is 4.79 Å². The Morgan fingerprint density at radius 3 is 2.69 bits per heavy atom. The number of benzene rings is 2. The predicted molar refractivity (Wildman–Crippen MR) is 106 cm³/mol. The summed E-state index contributed by atoms with van der Waals surface area (Å²) in [5.41, 5.74) is 3.78. The van der Waals surface area contributed by atoms with E-state index in [1.54, 1.807) is 7.11 Å². The summed E-state index contributed by atoms with van der Waals surface area (Å²) in [7, 11) is 1.65. The van der Waals surface area contributed by atoms with E-state index in [4.69, 9.17) is 4.74 Å². The zero-order chi connectivity index (χ0) is 18.4. The van der Waals surface area contributed by atoms with Crippen molar-refractivity contribution in [2.75, 3.05) is 17.7 Å². The van der Waals surface area contributed by atoms with Crippen molar-refractivity contribution in [2.24, 2.45) is 0 Å². The maximum absolute atomic E-state index is 12.2. The first-order valence-corrected chi connectivity index (χ1v) is 9.18. The van der Waals surface area contributed by atoms with Gasteiger partial charge in [0.1, 0.15) is 10.8 Å². The number of methoxy groups -OCH3 is 1. The summed E-state index contributed by atoms with van der Waals surface area (Å²) < 4.78 is 5.32. The third kappa shape index (κ3) is 4.83. The Balaban J connectivity index is 1.54. The van der Waals surface area contributed by atoms with Gasteiger partial charge in [-0.1, -0.05) is 29.8 Å². The highest BCUT2D eigenvalue weighted by molar-refractivity contribution is 7.09. The number of nitrogens with zero attached hydrogens (tertiary/aromatic N) is 1. The molecule has 5 nitrogen and oxygen atoms in total. The zero-order valence-electron chi connectivity index (χ0n) is 14.8. The van der Waals surface area contributed by atoms with Gasteiger partial charge in [-0.15, -0.1) is 11.3 Å². The third-order valence-corrected chi connectivity index (χ3v) is 4.71. The third-order valence-electron chi connectivity index (χ3n) is 3.81. The van der Waals surface area contributed by atoms with Crippen LogP contribution in [-0.4, -0.2) is 18.0 Å². The summed E-state index contributed by atoms with van der Waals surface area (Å²) in [6.45, 7) is 2.60. The second-order valence-electron chi connectivity index (χ2n) is 5.88. The molecule has 0 saturated carbocycles. The molecule has 26 heavy (non-hydrogen) atoms. The fourth-order valence-electron chi connectivity index (χ4n) is 2.47. The molecule has 0 aliphatic rings. The number of hydrogen-bond acceptors (Lipinski definition) is 5. The molecule has 1 heterocycles. The van der Waals surface area contributed by atoms with E-state index < -0.39 is 0 Å². The number of amides is 1.